The van der Waals surface area contributed by atoms with E-state index in [1.54, 1.807) is 25.6 Å². The molecule has 0 radical (unpaired) electrons. The third-order valence-corrected chi connectivity index (χ3v) is 6.19. The van der Waals surface area contributed by atoms with Gasteiger partial charge in [-0.2, -0.15) is 0 Å². The molecule has 0 spiro atoms. The molecule has 8 nitrogen and oxygen atoms in total. The van der Waals surface area contributed by atoms with Gasteiger partial charge in [-0.05, 0) is 25.1 Å². The molecule has 0 bridgehead atoms. The molecule has 4 heterocycles. The minimum Gasteiger partial charge on any atom is -0.493 e. The normalized spacial score (nSPS) is 19.3. The number of nitrogens with zero attached hydrogens (tertiary/aromatic N) is 1. The number of benzene rings is 1. The zero-order valence-electron chi connectivity index (χ0n) is 18.4. The van der Waals surface area contributed by atoms with Gasteiger partial charge in [-0.1, -0.05) is 17.7 Å². The average molecular weight is 469 g/mol. The van der Waals surface area contributed by atoms with Gasteiger partial charge < -0.3 is 29.8 Å². The van der Waals surface area contributed by atoms with Gasteiger partial charge in [0.15, 0.2) is 5.75 Å². The Hall–Kier alpha value is -3.23. The van der Waals surface area contributed by atoms with E-state index in [9.17, 15) is 4.79 Å². The van der Waals surface area contributed by atoms with Gasteiger partial charge in [-0.15, -0.1) is 0 Å². The number of anilines is 2. The Kier molecular flexibility index (Phi) is 5.86. The fourth-order valence-corrected chi connectivity index (χ4v) is 4.44. The number of amides is 1. The summed E-state index contributed by atoms with van der Waals surface area (Å²) in [4.78, 5) is 20.7. The van der Waals surface area contributed by atoms with E-state index in [0.29, 0.717) is 46.5 Å². The number of para-hydroxylation sites is 1. The number of H-pyrrole nitrogens is 1. The molecule has 0 saturated carbocycles. The molecule has 0 aliphatic carbocycles. The minimum absolute atomic E-state index is 0.0222. The lowest BCUT2D eigenvalue weighted by atomic mass is 10.0. The number of rotatable bonds is 7. The standard InChI is InChI=1S/C24H25ClN4O4/c1-13-10-18-20(24(30)27-13)22(28-17-5-3-4-16(25)23(17)31-2)21(29-18)15-6-8-26-11-19(15)33-12-14-7-9-32-14/h3-6,8,11,13-14,28-29H,7,9-10,12H2,1-2H3,(H,27,30)/t13-,14-/m0/s1. The highest BCUT2D eigenvalue weighted by molar-refractivity contribution is 6.32. The van der Waals surface area contributed by atoms with Gasteiger partial charge >= 0.3 is 0 Å². The van der Waals surface area contributed by atoms with E-state index >= 15 is 0 Å². The quantitative estimate of drug-likeness (QED) is 0.477. The topological polar surface area (TPSA) is 97.5 Å². The van der Waals surface area contributed by atoms with E-state index in [0.717, 1.165) is 30.0 Å². The van der Waals surface area contributed by atoms with E-state index in [1.807, 2.05) is 25.1 Å². The molecule has 2 aliphatic rings. The van der Waals surface area contributed by atoms with Crippen molar-refractivity contribution >= 4 is 28.9 Å². The van der Waals surface area contributed by atoms with Crippen LogP contribution in [0, 0.1) is 0 Å². The minimum atomic E-state index is -0.144. The Balaban J connectivity index is 1.61. The van der Waals surface area contributed by atoms with E-state index in [1.165, 1.54) is 0 Å². The summed E-state index contributed by atoms with van der Waals surface area (Å²) in [5.74, 6) is 0.966. The van der Waals surface area contributed by atoms with Crippen LogP contribution in [0.5, 0.6) is 11.5 Å². The Labute approximate surface area is 196 Å². The van der Waals surface area contributed by atoms with Crippen LogP contribution >= 0.6 is 11.6 Å². The molecule has 9 heteroatoms. The second-order valence-corrected chi connectivity index (χ2v) is 8.62. The lowest BCUT2D eigenvalue weighted by Crippen LogP contribution is -2.39. The van der Waals surface area contributed by atoms with Crippen molar-refractivity contribution in [1.29, 1.82) is 0 Å². The second-order valence-electron chi connectivity index (χ2n) is 8.22. The number of aromatic amines is 1. The fraction of sp³-hybridized carbons (Fsp3) is 0.333. The summed E-state index contributed by atoms with van der Waals surface area (Å²) < 4.78 is 17.1. The third kappa shape index (κ3) is 4.12. The highest BCUT2D eigenvalue weighted by atomic mass is 35.5. The van der Waals surface area contributed by atoms with Gasteiger partial charge in [-0.3, -0.25) is 9.78 Å². The highest BCUT2D eigenvalue weighted by Gasteiger charge is 2.31. The number of aromatic nitrogens is 2. The Morgan fingerprint density at radius 3 is 2.94 bits per heavy atom. The van der Waals surface area contributed by atoms with Crippen LogP contribution in [-0.4, -0.2) is 48.3 Å². The first-order chi connectivity index (χ1) is 16.0. The highest BCUT2D eigenvalue weighted by Crippen LogP contribution is 2.43. The second kappa shape index (κ2) is 8.96. The molecule has 2 aliphatic heterocycles. The predicted molar refractivity (Wildman–Crippen MR) is 126 cm³/mol. The molecule has 2 aromatic heterocycles. The van der Waals surface area contributed by atoms with Gasteiger partial charge in [-0.25, -0.2) is 0 Å². The summed E-state index contributed by atoms with van der Waals surface area (Å²) in [7, 11) is 1.56. The van der Waals surface area contributed by atoms with Crippen molar-refractivity contribution in [2.45, 2.75) is 31.9 Å². The number of methoxy groups -OCH3 is 1. The zero-order chi connectivity index (χ0) is 22.9. The largest absolute Gasteiger partial charge is 0.493 e. The fourth-order valence-electron chi connectivity index (χ4n) is 4.19. The van der Waals surface area contributed by atoms with Crippen molar-refractivity contribution in [3.05, 3.63) is 52.9 Å². The molecule has 172 valence electrons. The zero-order valence-corrected chi connectivity index (χ0v) is 19.2. The lowest BCUT2D eigenvalue weighted by Gasteiger charge is -2.26. The first-order valence-corrected chi connectivity index (χ1v) is 11.3. The van der Waals surface area contributed by atoms with Crippen LogP contribution in [0.3, 0.4) is 0 Å². The van der Waals surface area contributed by atoms with Gasteiger partial charge in [0, 0.05) is 42.9 Å². The van der Waals surface area contributed by atoms with Crippen molar-refractivity contribution in [3.63, 3.8) is 0 Å². The molecule has 1 aromatic carbocycles. The smallest absolute Gasteiger partial charge is 0.255 e. The van der Waals surface area contributed by atoms with E-state index in [2.05, 4.69) is 20.6 Å². The van der Waals surface area contributed by atoms with Crippen LogP contribution in [0.4, 0.5) is 11.4 Å². The van der Waals surface area contributed by atoms with Crippen LogP contribution in [0.1, 0.15) is 29.4 Å². The van der Waals surface area contributed by atoms with Crippen molar-refractivity contribution in [1.82, 2.24) is 15.3 Å². The van der Waals surface area contributed by atoms with Crippen LogP contribution < -0.4 is 20.1 Å². The summed E-state index contributed by atoms with van der Waals surface area (Å²) in [6, 6.07) is 7.33. The average Bonchev–Trinajstić information content (AvgIpc) is 3.11. The Morgan fingerprint density at radius 1 is 1.33 bits per heavy atom. The van der Waals surface area contributed by atoms with Crippen molar-refractivity contribution in [2.24, 2.45) is 0 Å². The molecule has 1 saturated heterocycles. The maximum absolute atomic E-state index is 13.0. The number of carbonyl (C=O) groups excluding carboxylic acids is 1. The molecule has 5 rings (SSSR count). The van der Waals surface area contributed by atoms with Crippen molar-refractivity contribution in [3.8, 4) is 22.8 Å². The Morgan fingerprint density at radius 2 is 2.18 bits per heavy atom. The molecule has 2 atom stereocenters. The molecule has 3 N–H and O–H groups in total. The first-order valence-electron chi connectivity index (χ1n) is 10.9. The van der Waals surface area contributed by atoms with Crippen LogP contribution in [-0.2, 0) is 11.2 Å². The van der Waals surface area contributed by atoms with Crippen LogP contribution in [0.15, 0.2) is 36.7 Å². The number of carbonyl (C=O) groups is 1. The molecular formula is C24H25ClN4O4. The molecule has 1 amide bonds. The molecule has 3 aromatic rings. The van der Waals surface area contributed by atoms with Gasteiger partial charge in [0.2, 0.25) is 0 Å². The number of pyridine rings is 1. The van der Waals surface area contributed by atoms with Crippen molar-refractivity contribution in [2.75, 3.05) is 25.6 Å². The lowest BCUT2D eigenvalue weighted by molar-refractivity contribution is -0.0720. The molecule has 33 heavy (non-hydrogen) atoms. The molecule has 0 unspecified atom stereocenters. The number of fused-ring (bicyclic) bond motifs is 1. The monoisotopic (exact) mass is 468 g/mol. The molecular weight excluding hydrogens is 444 g/mol. The SMILES string of the molecule is COc1c(Cl)cccc1Nc1c(-c2ccncc2OC[C@@H]2CCO2)[nH]c2c1C(=O)N[C@@H](C)C2. The summed E-state index contributed by atoms with van der Waals surface area (Å²) >= 11 is 6.34. The van der Waals surface area contributed by atoms with Crippen LogP contribution in [0.2, 0.25) is 5.02 Å². The van der Waals surface area contributed by atoms with Gasteiger partial charge in [0.1, 0.15) is 12.4 Å². The van der Waals surface area contributed by atoms with E-state index in [-0.39, 0.29) is 18.1 Å². The Bertz CT molecular complexity index is 1190. The summed E-state index contributed by atoms with van der Waals surface area (Å²) in [5, 5.41) is 6.89. The summed E-state index contributed by atoms with van der Waals surface area (Å²) in [6.45, 7) is 3.19. The van der Waals surface area contributed by atoms with Gasteiger partial charge in [0.25, 0.3) is 5.91 Å². The third-order valence-electron chi connectivity index (χ3n) is 5.90. The number of nitrogens with one attached hydrogen (secondary N) is 3. The number of hydrogen-bond acceptors (Lipinski definition) is 6. The first kappa shape index (κ1) is 21.6. The summed E-state index contributed by atoms with van der Waals surface area (Å²) in [6.07, 6.45) is 5.13. The van der Waals surface area contributed by atoms with E-state index in [4.69, 9.17) is 25.8 Å². The van der Waals surface area contributed by atoms with Gasteiger partial charge in [0.05, 0.1) is 47.1 Å². The summed E-state index contributed by atoms with van der Waals surface area (Å²) in [5.41, 5.74) is 4.23. The predicted octanol–water partition coefficient (Wildman–Crippen LogP) is 4.32. The number of hydrogen-bond donors (Lipinski definition) is 3. The number of halogens is 1. The maximum atomic E-state index is 13.0. The maximum Gasteiger partial charge on any atom is 0.255 e. The van der Waals surface area contributed by atoms with Crippen molar-refractivity contribution < 1.29 is 19.0 Å². The van der Waals surface area contributed by atoms with Crippen LogP contribution in [0.25, 0.3) is 11.3 Å². The van der Waals surface area contributed by atoms with E-state index < -0.39 is 0 Å². The number of ether oxygens (including phenoxy) is 3. The molecule has 1 fully saturated rings.